The number of hydrogen-bond donors (Lipinski definition) is 2. The summed E-state index contributed by atoms with van der Waals surface area (Å²) in [5.74, 6) is -0.488. The summed E-state index contributed by atoms with van der Waals surface area (Å²) in [7, 11) is 0. The largest absolute Gasteiger partial charge is 0.486 e. The van der Waals surface area contributed by atoms with Crippen LogP contribution in [0.5, 0.6) is 5.75 Å². The highest BCUT2D eigenvalue weighted by Crippen LogP contribution is 2.36. The lowest BCUT2D eigenvalue weighted by atomic mass is 10.1. The molecule has 0 heterocycles. The number of nitrogens with one attached hydrogen (secondary N) is 1. The van der Waals surface area contributed by atoms with Gasteiger partial charge in [-0.05, 0) is 55.6 Å². The Labute approximate surface area is 172 Å². The maximum absolute atomic E-state index is 11.6. The lowest BCUT2D eigenvalue weighted by Gasteiger charge is -2.14. The molecule has 0 atom stereocenters. The van der Waals surface area contributed by atoms with E-state index in [1.807, 2.05) is 6.07 Å². The number of halogens is 3. The Hall–Kier alpha value is -1.57. The van der Waals surface area contributed by atoms with E-state index in [-0.39, 0.29) is 18.9 Å². The van der Waals surface area contributed by atoms with Crippen molar-refractivity contribution >= 4 is 61.0 Å². The van der Waals surface area contributed by atoms with Crippen molar-refractivity contribution in [3.8, 4) is 5.75 Å². The summed E-state index contributed by atoms with van der Waals surface area (Å²) in [5.41, 5.74) is 1.90. The van der Waals surface area contributed by atoms with Crippen molar-refractivity contribution in [3.63, 3.8) is 0 Å². The molecule has 2 aromatic rings. The second-order valence-corrected chi connectivity index (χ2v) is 7.51. The highest BCUT2D eigenvalue weighted by Gasteiger charge is 2.13. The molecule has 2 N–H and O–H groups in total. The Bertz CT molecular complexity index is 819. The first-order valence-corrected chi connectivity index (χ1v) is 9.68. The molecule has 0 fully saturated rings. The van der Waals surface area contributed by atoms with Gasteiger partial charge in [0.25, 0.3) is 0 Å². The van der Waals surface area contributed by atoms with Gasteiger partial charge in [0.05, 0.1) is 26.1 Å². The predicted octanol–water partition coefficient (Wildman–Crippen LogP) is 5.42. The fourth-order valence-corrected chi connectivity index (χ4v) is 3.94. The highest BCUT2D eigenvalue weighted by molar-refractivity contribution is 9.11. The van der Waals surface area contributed by atoms with Crippen molar-refractivity contribution < 1.29 is 19.4 Å². The van der Waals surface area contributed by atoms with Gasteiger partial charge in [0.1, 0.15) is 12.4 Å². The molecular weight excluding hydrogens is 489 g/mol. The standard InChI is InChI=1S/C18H16Br2ClNO4/c1-2-15(23)22-14-5-3-4-11(17(14)21)9-26-18-12(19)6-10(7-13(18)20)8-16(24)25/h3-7H,2,8-9H2,1H3,(H,22,23)(H,24,25). The van der Waals surface area contributed by atoms with E-state index in [1.165, 1.54) is 0 Å². The van der Waals surface area contributed by atoms with Crippen LogP contribution >= 0.6 is 43.5 Å². The second-order valence-electron chi connectivity index (χ2n) is 5.43. The number of aliphatic carboxylic acids is 1. The molecule has 0 spiro atoms. The number of carboxylic acid groups (broad SMARTS) is 1. The van der Waals surface area contributed by atoms with E-state index in [1.54, 1.807) is 31.2 Å². The smallest absolute Gasteiger partial charge is 0.307 e. The normalized spacial score (nSPS) is 10.5. The lowest BCUT2D eigenvalue weighted by Crippen LogP contribution is -2.10. The minimum atomic E-state index is -0.907. The highest BCUT2D eigenvalue weighted by atomic mass is 79.9. The van der Waals surface area contributed by atoms with Gasteiger partial charge in [0.15, 0.2) is 0 Å². The summed E-state index contributed by atoms with van der Waals surface area (Å²) in [4.78, 5) is 22.4. The summed E-state index contributed by atoms with van der Waals surface area (Å²) in [5, 5.41) is 12.1. The van der Waals surface area contributed by atoms with E-state index >= 15 is 0 Å². The van der Waals surface area contributed by atoms with Gasteiger partial charge < -0.3 is 15.2 Å². The summed E-state index contributed by atoms with van der Waals surface area (Å²) < 4.78 is 7.11. The van der Waals surface area contributed by atoms with Gasteiger partial charge in [-0.15, -0.1) is 0 Å². The number of carbonyl (C=O) groups is 2. The fourth-order valence-electron chi connectivity index (χ4n) is 2.20. The molecule has 0 aromatic heterocycles. The third-order valence-electron chi connectivity index (χ3n) is 3.46. The van der Waals surface area contributed by atoms with E-state index in [0.29, 0.717) is 43.0 Å². The number of carbonyl (C=O) groups excluding carboxylic acids is 1. The van der Waals surface area contributed by atoms with Crippen LogP contribution in [0.1, 0.15) is 24.5 Å². The summed E-state index contributed by atoms with van der Waals surface area (Å²) in [6.45, 7) is 1.95. The average Bonchev–Trinajstić information content (AvgIpc) is 2.56. The molecule has 0 radical (unpaired) electrons. The van der Waals surface area contributed by atoms with E-state index in [9.17, 15) is 9.59 Å². The van der Waals surface area contributed by atoms with E-state index in [2.05, 4.69) is 37.2 Å². The van der Waals surface area contributed by atoms with Gasteiger partial charge in [0.2, 0.25) is 5.91 Å². The van der Waals surface area contributed by atoms with Crippen molar-refractivity contribution in [1.29, 1.82) is 0 Å². The van der Waals surface area contributed by atoms with Gasteiger partial charge in [-0.2, -0.15) is 0 Å². The second kappa shape index (κ2) is 9.39. The molecule has 8 heteroatoms. The van der Waals surface area contributed by atoms with Gasteiger partial charge in [-0.25, -0.2) is 0 Å². The zero-order valence-electron chi connectivity index (χ0n) is 13.8. The Balaban J connectivity index is 2.17. The van der Waals surface area contributed by atoms with Crippen molar-refractivity contribution in [2.24, 2.45) is 0 Å². The molecule has 0 saturated heterocycles. The van der Waals surface area contributed by atoms with Gasteiger partial charge >= 0.3 is 5.97 Å². The van der Waals surface area contributed by atoms with Crippen molar-refractivity contribution in [2.45, 2.75) is 26.4 Å². The monoisotopic (exact) mass is 503 g/mol. The molecule has 0 unspecified atom stereocenters. The predicted molar refractivity (Wildman–Crippen MR) is 108 cm³/mol. The van der Waals surface area contributed by atoms with Crippen LogP contribution in [0, 0.1) is 0 Å². The molecule has 1 amide bonds. The van der Waals surface area contributed by atoms with Gasteiger partial charge in [-0.1, -0.05) is 30.7 Å². The molecular formula is C18H16Br2ClNO4. The average molecular weight is 506 g/mol. The molecule has 0 aliphatic carbocycles. The molecule has 26 heavy (non-hydrogen) atoms. The number of anilines is 1. The molecule has 2 aromatic carbocycles. The SMILES string of the molecule is CCC(=O)Nc1cccc(COc2c(Br)cc(CC(=O)O)cc2Br)c1Cl. The quantitative estimate of drug-likeness (QED) is 0.527. The van der Waals surface area contributed by atoms with Crippen LogP contribution in [0.2, 0.25) is 5.02 Å². The maximum atomic E-state index is 11.6. The maximum Gasteiger partial charge on any atom is 0.307 e. The molecule has 2 rings (SSSR count). The molecule has 5 nitrogen and oxygen atoms in total. The van der Waals surface area contributed by atoms with Crippen LogP contribution in [-0.2, 0) is 22.6 Å². The number of carboxylic acids is 1. The number of hydrogen-bond acceptors (Lipinski definition) is 3. The zero-order valence-corrected chi connectivity index (χ0v) is 17.7. The molecule has 0 bridgehead atoms. The van der Waals surface area contributed by atoms with Crippen LogP contribution in [0.15, 0.2) is 39.3 Å². The van der Waals surface area contributed by atoms with E-state index < -0.39 is 5.97 Å². The van der Waals surface area contributed by atoms with Crippen molar-refractivity contribution in [3.05, 3.63) is 55.4 Å². The number of ether oxygens (including phenoxy) is 1. The van der Waals surface area contributed by atoms with Crippen LogP contribution in [-0.4, -0.2) is 17.0 Å². The third kappa shape index (κ3) is 5.46. The Morgan fingerprint density at radius 3 is 2.46 bits per heavy atom. The van der Waals surface area contributed by atoms with E-state index in [4.69, 9.17) is 21.4 Å². The topological polar surface area (TPSA) is 75.6 Å². The van der Waals surface area contributed by atoms with Gasteiger partial charge in [-0.3, -0.25) is 9.59 Å². The number of benzene rings is 2. The first-order valence-electron chi connectivity index (χ1n) is 7.71. The molecule has 0 aliphatic rings. The van der Waals surface area contributed by atoms with E-state index in [0.717, 1.165) is 0 Å². The Kier molecular flexibility index (Phi) is 7.49. The van der Waals surface area contributed by atoms with Crippen LogP contribution in [0.4, 0.5) is 5.69 Å². The minimum Gasteiger partial charge on any atom is -0.486 e. The zero-order chi connectivity index (χ0) is 19.3. The Morgan fingerprint density at radius 1 is 1.23 bits per heavy atom. The summed E-state index contributed by atoms with van der Waals surface area (Å²) in [6, 6.07) is 8.73. The minimum absolute atomic E-state index is 0.0809. The van der Waals surface area contributed by atoms with Crippen LogP contribution in [0.3, 0.4) is 0 Å². The Morgan fingerprint density at radius 2 is 1.88 bits per heavy atom. The van der Waals surface area contributed by atoms with Crippen LogP contribution in [0.25, 0.3) is 0 Å². The van der Waals surface area contributed by atoms with Crippen LogP contribution < -0.4 is 10.1 Å². The van der Waals surface area contributed by atoms with Crippen molar-refractivity contribution in [2.75, 3.05) is 5.32 Å². The number of rotatable bonds is 7. The molecule has 0 aliphatic heterocycles. The first kappa shape index (κ1) is 20.7. The number of amides is 1. The molecule has 138 valence electrons. The third-order valence-corrected chi connectivity index (χ3v) is 5.08. The van der Waals surface area contributed by atoms with Crippen molar-refractivity contribution in [1.82, 2.24) is 0 Å². The fraction of sp³-hybridized carbons (Fsp3) is 0.222. The summed E-state index contributed by atoms with van der Waals surface area (Å²) >= 11 is 13.2. The van der Waals surface area contributed by atoms with Gasteiger partial charge in [0, 0.05) is 12.0 Å². The lowest BCUT2D eigenvalue weighted by molar-refractivity contribution is -0.136. The first-order chi connectivity index (χ1) is 12.3. The molecule has 0 saturated carbocycles. The summed E-state index contributed by atoms with van der Waals surface area (Å²) in [6.07, 6.45) is 0.280.